The van der Waals surface area contributed by atoms with E-state index >= 15 is 0 Å². The first-order chi connectivity index (χ1) is 8.61. The molecule has 100 valence electrons. The number of hydrogen-bond donors (Lipinski definition) is 1. The molecule has 0 bridgehead atoms. The van der Waals surface area contributed by atoms with Gasteiger partial charge >= 0.3 is 5.97 Å². The molecule has 1 aliphatic carbocycles. The fourth-order valence-electron chi connectivity index (χ4n) is 2.19. The van der Waals surface area contributed by atoms with Crippen LogP contribution in [-0.2, 0) is 6.54 Å². The monoisotopic (exact) mass is 267 g/mol. The van der Waals surface area contributed by atoms with Crippen molar-refractivity contribution in [1.82, 2.24) is 4.90 Å². The summed E-state index contributed by atoms with van der Waals surface area (Å²) in [6.07, 6.45) is 5.05. The average Bonchev–Trinajstić information content (AvgIpc) is 3.10. The molecular formula is C14H21NO2S. The summed E-state index contributed by atoms with van der Waals surface area (Å²) in [5.74, 6) is -0.805. The summed E-state index contributed by atoms with van der Waals surface area (Å²) in [7, 11) is 0. The van der Waals surface area contributed by atoms with E-state index in [1.807, 2.05) is 13.0 Å². The second kappa shape index (κ2) is 5.85. The zero-order valence-electron chi connectivity index (χ0n) is 11.1. The highest BCUT2D eigenvalue weighted by Crippen LogP contribution is 2.31. The van der Waals surface area contributed by atoms with E-state index in [-0.39, 0.29) is 0 Å². The lowest BCUT2D eigenvalue weighted by Gasteiger charge is -2.21. The van der Waals surface area contributed by atoms with Crippen LogP contribution in [0.1, 0.15) is 52.7 Å². The van der Waals surface area contributed by atoms with E-state index in [1.54, 1.807) is 0 Å². The van der Waals surface area contributed by atoms with Crippen molar-refractivity contribution in [3.05, 3.63) is 21.4 Å². The Balaban J connectivity index is 2.03. The number of carboxylic acid groups (broad SMARTS) is 1. The number of thiophene rings is 1. The van der Waals surface area contributed by atoms with Crippen LogP contribution in [0.3, 0.4) is 0 Å². The molecule has 0 saturated heterocycles. The molecule has 0 amide bonds. The van der Waals surface area contributed by atoms with Gasteiger partial charge in [-0.1, -0.05) is 13.3 Å². The Bertz CT molecular complexity index is 423. The van der Waals surface area contributed by atoms with Crippen molar-refractivity contribution in [2.24, 2.45) is 0 Å². The zero-order valence-corrected chi connectivity index (χ0v) is 11.9. The molecule has 0 atom stereocenters. The first-order valence-electron chi connectivity index (χ1n) is 6.68. The van der Waals surface area contributed by atoms with Crippen LogP contribution in [-0.4, -0.2) is 28.6 Å². The normalized spacial score (nSPS) is 15.3. The Morgan fingerprint density at radius 1 is 1.56 bits per heavy atom. The molecule has 0 spiro atoms. The standard InChI is InChI=1S/C14H21NO2S/c1-3-4-7-15(12-5-6-12)9-11-8-13(14(16)17)18-10(11)2/h8,12H,3-7,9H2,1-2H3,(H,16,17). The molecule has 1 fully saturated rings. The molecule has 4 heteroatoms. The summed E-state index contributed by atoms with van der Waals surface area (Å²) < 4.78 is 0. The summed E-state index contributed by atoms with van der Waals surface area (Å²) >= 11 is 1.39. The van der Waals surface area contributed by atoms with Crippen molar-refractivity contribution >= 4 is 17.3 Å². The van der Waals surface area contributed by atoms with E-state index in [4.69, 9.17) is 5.11 Å². The highest BCUT2D eigenvalue weighted by molar-refractivity contribution is 7.14. The third kappa shape index (κ3) is 3.33. The van der Waals surface area contributed by atoms with E-state index in [2.05, 4.69) is 11.8 Å². The van der Waals surface area contributed by atoms with Gasteiger partial charge in [0.25, 0.3) is 0 Å². The lowest BCUT2D eigenvalue weighted by Crippen LogP contribution is -2.26. The number of aryl methyl sites for hydroxylation is 1. The Labute approximate surface area is 112 Å². The topological polar surface area (TPSA) is 40.5 Å². The minimum atomic E-state index is -0.805. The van der Waals surface area contributed by atoms with Gasteiger partial charge in [0.1, 0.15) is 4.88 Å². The van der Waals surface area contributed by atoms with Gasteiger partial charge in [0, 0.05) is 17.5 Å². The third-order valence-electron chi connectivity index (χ3n) is 3.47. The van der Waals surface area contributed by atoms with Crippen molar-refractivity contribution in [2.75, 3.05) is 6.54 Å². The number of nitrogens with zero attached hydrogens (tertiary/aromatic N) is 1. The largest absolute Gasteiger partial charge is 0.477 e. The van der Waals surface area contributed by atoms with Gasteiger partial charge < -0.3 is 5.11 Å². The van der Waals surface area contributed by atoms with Crippen molar-refractivity contribution in [2.45, 2.75) is 52.1 Å². The van der Waals surface area contributed by atoms with Crippen LogP contribution in [0.5, 0.6) is 0 Å². The van der Waals surface area contributed by atoms with Crippen molar-refractivity contribution in [3.8, 4) is 0 Å². The molecule has 1 aromatic heterocycles. The molecule has 3 nitrogen and oxygen atoms in total. The minimum Gasteiger partial charge on any atom is -0.477 e. The van der Waals surface area contributed by atoms with Crippen LogP contribution in [0.25, 0.3) is 0 Å². The molecule has 1 aliphatic rings. The summed E-state index contributed by atoms with van der Waals surface area (Å²) in [6.45, 7) is 6.29. The van der Waals surface area contributed by atoms with Gasteiger partial charge in [0.2, 0.25) is 0 Å². The summed E-state index contributed by atoms with van der Waals surface area (Å²) in [5.41, 5.74) is 1.19. The maximum absolute atomic E-state index is 11.0. The van der Waals surface area contributed by atoms with Crippen molar-refractivity contribution < 1.29 is 9.90 Å². The van der Waals surface area contributed by atoms with Gasteiger partial charge in [-0.2, -0.15) is 0 Å². The Morgan fingerprint density at radius 3 is 2.78 bits per heavy atom. The van der Waals surface area contributed by atoms with E-state index in [0.717, 1.165) is 24.0 Å². The van der Waals surface area contributed by atoms with Gasteiger partial charge in [-0.05, 0) is 44.4 Å². The highest BCUT2D eigenvalue weighted by atomic mass is 32.1. The van der Waals surface area contributed by atoms with E-state index in [9.17, 15) is 4.79 Å². The molecule has 18 heavy (non-hydrogen) atoms. The van der Waals surface area contributed by atoms with Crippen LogP contribution in [0, 0.1) is 6.92 Å². The minimum absolute atomic E-state index is 0.466. The second-order valence-electron chi connectivity index (χ2n) is 5.05. The summed E-state index contributed by atoms with van der Waals surface area (Å²) in [6, 6.07) is 2.59. The predicted molar refractivity (Wildman–Crippen MR) is 74.4 cm³/mol. The molecule has 0 unspecified atom stereocenters. The molecule has 0 aromatic carbocycles. The first-order valence-corrected chi connectivity index (χ1v) is 7.50. The molecular weight excluding hydrogens is 246 g/mol. The molecule has 1 aromatic rings. The lowest BCUT2D eigenvalue weighted by molar-refractivity contribution is 0.0702. The third-order valence-corrected chi connectivity index (χ3v) is 4.55. The SMILES string of the molecule is CCCCN(Cc1cc(C(=O)O)sc1C)C1CC1. The number of rotatable bonds is 7. The van der Waals surface area contributed by atoms with Gasteiger partial charge in [0.05, 0.1) is 0 Å². The number of carbonyl (C=O) groups is 1. The smallest absolute Gasteiger partial charge is 0.345 e. The summed E-state index contributed by atoms with van der Waals surface area (Å²) in [5, 5.41) is 9.02. The van der Waals surface area contributed by atoms with Crippen molar-refractivity contribution in [1.29, 1.82) is 0 Å². The Kier molecular flexibility index (Phi) is 4.40. The fraction of sp³-hybridized carbons (Fsp3) is 0.643. The maximum atomic E-state index is 11.0. The Hall–Kier alpha value is -0.870. The highest BCUT2D eigenvalue weighted by Gasteiger charge is 2.29. The molecule has 2 rings (SSSR count). The fourth-order valence-corrected chi connectivity index (χ4v) is 3.07. The van der Waals surface area contributed by atoms with Gasteiger partial charge in [-0.25, -0.2) is 4.79 Å². The molecule has 0 aliphatic heterocycles. The Morgan fingerprint density at radius 2 is 2.28 bits per heavy atom. The summed E-state index contributed by atoms with van der Waals surface area (Å²) in [4.78, 5) is 15.1. The molecule has 1 N–H and O–H groups in total. The number of aromatic carboxylic acids is 1. The van der Waals surface area contributed by atoms with E-state index < -0.39 is 5.97 Å². The van der Waals surface area contributed by atoms with Crippen molar-refractivity contribution in [3.63, 3.8) is 0 Å². The first kappa shape index (κ1) is 13.6. The maximum Gasteiger partial charge on any atom is 0.345 e. The molecule has 1 heterocycles. The number of unbranched alkanes of at least 4 members (excludes halogenated alkanes) is 1. The number of hydrogen-bond acceptors (Lipinski definition) is 3. The lowest BCUT2D eigenvalue weighted by atomic mass is 10.2. The predicted octanol–water partition coefficient (Wildman–Crippen LogP) is 3.52. The molecule has 0 radical (unpaired) electrons. The average molecular weight is 267 g/mol. The quantitative estimate of drug-likeness (QED) is 0.821. The second-order valence-corrected chi connectivity index (χ2v) is 6.31. The van der Waals surface area contributed by atoms with E-state index in [1.165, 1.54) is 42.6 Å². The van der Waals surface area contributed by atoms with Crippen LogP contribution in [0.4, 0.5) is 0 Å². The van der Waals surface area contributed by atoms with Crippen LogP contribution >= 0.6 is 11.3 Å². The van der Waals surface area contributed by atoms with Gasteiger partial charge in [-0.3, -0.25) is 4.90 Å². The van der Waals surface area contributed by atoms with Crippen LogP contribution in [0.2, 0.25) is 0 Å². The molecule has 1 saturated carbocycles. The number of carboxylic acids is 1. The van der Waals surface area contributed by atoms with Gasteiger partial charge in [-0.15, -0.1) is 11.3 Å². The van der Waals surface area contributed by atoms with Crippen LogP contribution in [0.15, 0.2) is 6.07 Å². The van der Waals surface area contributed by atoms with Gasteiger partial charge in [0.15, 0.2) is 0 Å². The zero-order chi connectivity index (χ0) is 13.1. The van der Waals surface area contributed by atoms with Crippen LogP contribution < -0.4 is 0 Å². The van der Waals surface area contributed by atoms with E-state index in [0.29, 0.717) is 4.88 Å².